The van der Waals surface area contributed by atoms with Crippen LogP contribution in [0.2, 0.25) is 0 Å². The third-order valence-corrected chi connectivity index (χ3v) is 3.61. The molecular weight excluding hydrogens is 360 g/mol. The largest absolute Gasteiger partial charge is 0.490 e. The van der Waals surface area contributed by atoms with Crippen molar-refractivity contribution < 1.29 is 21.9 Å². The highest BCUT2D eigenvalue weighted by molar-refractivity contribution is 7.80. The van der Waals surface area contributed by atoms with E-state index in [-0.39, 0.29) is 33.9 Å². The van der Waals surface area contributed by atoms with Crippen molar-refractivity contribution in [1.82, 2.24) is 0 Å². The maximum Gasteiger partial charge on any atom is 0.397 e. The minimum atomic E-state index is -4.63. The van der Waals surface area contributed by atoms with Crippen LogP contribution in [0, 0.1) is 45.3 Å². The molecule has 0 aliphatic carbocycles. The van der Waals surface area contributed by atoms with Gasteiger partial charge >= 0.3 is 10.4 Å². The lowest BCUT2D eigenvalue weighted by Crippen LogP contribution is -2.23. The van der Waals surface area contributed by atoms with Gasteiger partial charge in [-0.15, -0.1) is 0 Å². The lowest BCUT2D eigenvalue weighted by Gasteiger charge is -2.09. The highest BCUT2D eigenvalue weighted by Gasteiger charge is 2.10. The molecule has 0 unspecified atom stereocenters. The van der Waals surface area contributed by atoms with Gasteiger partial charge in [-0.25, -0.2) is 4.18 Å². The molecule has 1 aromatic carbocycles. The summed E-state index contributed by atoms with van der Waals surface area (Å²) in [6, 6.07) is 9.76. The highest BCUT2D eigenvalue weighted by atomic mass is 32.3. The predicted molar refractivity (Wildman–Crippen MR) is 87.3 cm³/mol. The Labute approximate surface area is 149 Å². The number of benzene rings is 1. The maximum absolute atomic E-state index is 10.5. The van der Waals surface area contributed by atoms with Gasteiger partial charge in [-0.3, -0.25) is 4.55 Å². The van der Waals surface area contributed by atoms with E-state index in [4.69, 9.17) is 30.3 Å². The average molecular weight is 372 g/mol. The maximum atomic E-state index is 10.5. The number of nitrogens with zero attached hydrogens (tertiary/aromatic N) is 4. The van der Waals surface area contributed by atoms with Crippen LogP contribution in [-0.2, 0) is 21.0 Å². The minimum Gasteiger partial charge on any atom is -0.490 e. The first-order chi connectivity index (χ1) is 12.3. The number of ether oxygens (including phenoxy) is 1. The summed E-state index contributed by atoms with van der Waals surface area (Å²) in [4.78, 5) is 0. The van der Waals surface area contributed by atoms with Gasteiger partial charge in [0.1, 0.15) is 54.4 Å². The molecule has 0 spiro atoms. The molecule has 0 atom stereocenters. The molecule has 1 N–H and O–H groups in total. The lowest BCUT2D eigenvalue weighted by atomic mass is 10.0. The van der Waals surface area contributed by atoms with Gasteiger partial charge in [0, 0.05) is 10.4 Å². The molecular formula is C16H12N4O5S. The number of hydrogen-bond donors (Lipinski definition) is 1. The Morgan fingerprint density at radius 3 is 2.00 bits per heavy atom. The van der Waals surface area contributed by atoms with E-state index in [1.54, 1.807) is 31.2 Å². The van der Waals surface area contributed by atoms with Gasteiger partial charge in [0.25, 0.3) is 0 Å². The number of hydrogen-bond acceptors (Lipinski definition) is 8. The van der Waals surface area contributed by atoms with Gasteiger partial charge in [0.15, 0.2) is 0 Å². The molecule has 0 amide bonds. The van der Waals surface area contributed by atoms with E-state index in [2.05, 4.69) is 4.18 Å². The van der Waals surface area contributed by atoms with Gasteiger partial charge in [-0.2, -0.15) is 29.5 Å². The SMILES string of the molecule is CCc1cc(=C(C#N)C#N)c(OCCOS(=O)(=O)O)cc1=C(C#N)C#N. The van der Waals surface area contributed by atoms with Crippen molar-refractivity contribution in [2.24, 2.45) is 0 Å². The van der Waals surface area contributed by atoms with Gasteiger partial charge in [0.2, 0.25) is 0 Å². The normalized spacial score (nSPS) is 9.92. The van der Waals surface area contributed by atoms with E-state index in [9.17, 15) is 8.42 Å². The highest BCUT2D eigenvalue weighted by Crippen LogP contribution is 2.07. The summed E-state index contributed by atoms with van der Waals surface area (Å²) in [7, 11) is -4.63. The van der Waals surface area contributed by atoms with Gasteiger partial charge < -0.3 is 4.74 Å². The summed E-state index contributed by atoms with van der Waals surface area (Å²) in [6.45, 7) is 0.912. The van der Waals surface area contributed by atoms with Crippen molar-refractivity contribution in [1.29, 1.82) is 21.0 Å². The van der Waals surface area contributed by atoms with Crippen LogP contribution in [0.25, 0.3) is 11.1 Å². The molecule has 132 valence electrons. The first-order valence-corrected chi connectivity index (χ1v) is 8.44. The van der Waals surface area contributed by atoms with Crippen LogP contribution in [-0.4, -0.2) is 26.2 Å². The summed E-state index contributed by atoms with van der Waals surface area (Å²) < 4.78 is 39.0. The van der Waals surface area contributed by atoms with Crippen LogP contribution in [0.5, 0.6) is 5.75 Å². The predicted octanol–water partition coefficient (Wildman–Crippen LogP) is -0.157. The summed E-state index contributed by atoms with van der Waals surface area (Å²) in [6.07, 6.45) is 0.422. The smallest absolute Gasteiger partial charge is 0.397 e. The summed E-state index contributed by atoms with van der Waals surface area (Å²) in [5, 5.41) is 36.8. The topological polar surface area (TPSA) is 168 Å². The molecule has 0 bridgehead atoms. The molecule has 1 aromatic rings. The fraction of sp³-hybridized carbons (Fsp3) is 0.250. The van der Waals surface area contributed by atoms with Gasteiger partial charge in [0.05, 0.1) is 0 Å². The second kappa shape index (κ2) is 9.17. The lowest BCUT2D eigenvalue weighted by molar-refractivity contribution is 0.201. The van der Waals surface area contributed by atoms with Crippen LogP contribution >= 0.6 is 0 Å². The van der Waals surface area contributed by atoms with E-state index in [1.807, 2.05) is 0 Å². The third kappa shape index (κ3) is 5.31. The molecule has 9 nitrogen and oxygen atoms in total. The van der Waals surface area contributed by atoms with E-state index >= 15 is 0 Å². The van der Waals surface area contributed by atoms with Crippen LogP contribution < -0.4 is 15.2 Å². The summed E-state index contributed by atoms with van der Waals surface area (Å²) >= 11 is 0. The average Bonchev–Trinajstić information content (AvgIpc) is 2.61. The second-order valence-corrected chi connectivity index (χ2v) is 5.75. The molecule has 0 fully saturated rings. The Kier molecular flexibility index (Phi) is 7.28. The zero-order valence-electron chi connectivity index (χ0n) is 13.6. The summed E-state index contributed by atoms with van der Waals surface area (Å²) in [5.74, 6) is -0.00256. The summed E-state index contributed by atoms with van der Waals surface area (Å²) in [5.41, 5.74) is 0.123. The molecule has 0 radical (unpaired) electrons. The van der Waals surface area contributed by atoms with Crippen LogP contribution in [0.15, 0.2) is 12.1 Å². The molecule has 26 heavy (non-hydrogen) atoms. The first kappa shape index (κ1) is 20.6. The molecule has 10 heteroatoms. The van der Waals surface area contributed by atoms with Gasteiger partial charge in [-0.05, 0) is 24.1 Å². The number of nitriles is 4. The van der Waals surface area contributed by atoms with Crippen molar-refractivity contribution in [3.8, 4) is 30.0 Å². The first-order valence-electron chi connectivity index (χ1n) is 7.07. The van der Waals surface area contributed by atoms with Crippen molar-refractivity contribution in [3.63, 3.8) is 0 Å². The van der Waals surface area contributed by atoms with Crippen LogP contribution in [0.4, 0.5) is 0 Å². The van der Waals surface area contributed by atoms with E-state index in [0.717, 1.165) is 0 Å². The Morgan fingerprint density at radius 1 is 1.00 bits per heavy atom. The Hall–Kier alpha value is -3.41. The molecule has 0 aliphatic heterocycles. The fourth-order valence-electron chi connectivity index (χ4n) is 2.05. The van der Waals surface area contributed by atoms with Gasteiger partial charge in [-0.1, -0.05) is 6.92 Å². The number of aryl methyl sites for hydroxylation is 1. The number of rotatable bonds is 6. The molecule has 0 saturated heterocycles. The Bertz CT molecular complexity index is 1060. The Balaban J connectivity index is 3.59. The molecule has 1 rings (SSSR count). The monoisotopic (exact) mass is 372 g/mol. The van der Waals surface area contributed by atoms with E-state index in [0.29, 0.717) is 12.0 Å². The van der Waals surface area contributed by atoms with E-state index in [1.165, 1.54) is 12.1 Å². The molecule has 0 aromatic heterocycles. The molecule has 0 aliphatic rings. The second-order valence-electron chi connectivity index (χ2n) is 4.65. The van der Waals surface area contributed by atoms with Crippen molar-refractivity contribution in [2.75, 3.05) is 13.2 Å². The zero-order valence-corrected chi connectivity index (χ0v) is 14.4. The fourth-order valence-corrected chi connectivity index (χ4v) is 2.33. The standard InChI is InChI=1S/C16H12N4O5S/c1-2-11-5-15(13(9-19)10-20)16(6-14(11)12(7-17)8-18)24-3-4-25-26(21,22)23/h5-6H,2-4H2,1H3,(H,21,22,23). The van der Waals surface area contributed by atoms with E-state index < -0.39 is 17.0 Å². The third-order valence-electron chi connectivity index (χ3n) is 3.15. The minimum absolute atomic E-state index is 0.00256. The van der Waals surface area contributed by atoms with Crippen LogP contribution in [0.1, 0.15) is 12.5 Å². The van der Waals surface area contributed by atoms with Crippen molar-refractivity contribution in [2.45, 2.75) is 13.3 Å². The van der Waals surface area contributed by atoms with Crippen molar-refractivity contribution in [3.05, 3.63) is 28.1 Å². The van der Waals surface area contributed by atoms with Crippen molar-refractivity contribution >= 4 is 21.5 Å². The molecule has 0 saturated carbocycles. The Morgan fingerprint density at radius 2 is 1.54 bits per heavy atom. The van der Waals surface area contributed by atoms with Crippen LogP contribution in [0.3, 0.4) is 0 Å². The zero-order chi connectivity index (χ0) is 19.7. The quantitative estimate of drug-likeness (QED) is 0.527. The molecule has 0 heterocycles.